The van der Waals surface area contributed by atoms with Crippen LogP contribution in [0.4, 0.5) is 0 Å². The molecule has 1 aromatic heterocycles. The maximum atomic E-state index is 11.9. The number of hydrogen-bond acceptors (Lipinski definition) is 6. The Morgan fingerprint density at radius 2 is 1.44 bits per heavy atom. The number of hydrogen-bond donors (Lipinski definition) is 1. The van der Waals surface area contributed by atoms with Gasteiger partial charge in [-0.1, -0.05) is 91.0 Å². The minimum atomic E-state index is -0.966. The second-order valence-electron chi connectivity index (χ2n) is 9.15. The highest BCUT2D eigenvalue weighted by molar-refractivity contribution is 5.47. The first-order valence-electron chi connectivity index (χ1n) is 12.0. The van der Waals surface area contributed by atoms with Gasteiger partial charge in [-0.25, -0.2) is 0 Å². The fourth-order valence-corrected chi connectivity index (χ4v) is 5.13. The molecule has 3 aromatic carbocycles. The van der Waals surface area contributed by atoms with Gasteiger partial charge in [0.05, 0.1) is 6.61 Å². The van der Waals surface area contributed by atoms with Crippen LogP contribution in [0.2, 0.25) is 0 Å². The number of nitrogens with zero attached hydrogens (tertiary/aromatic N) is 2. The highest BCUT2D eigenvalue weighted by atomic mass is 16.6. The first-order valence-corrected chi connectivity index (χ1v) is 12.0. The molecule has 0 spiro atoms. The fraction of sp³-hybridized carbons (Fsp3) is 0.241. The molecule has 1 fully saturated rings. The van der Waals surface area contributed by atoms with Crippen LogP contribution < -0.4 is 10.3 Å². The smallest absolute Gasteiger partial charge is 0.302 e. The molecule has 0 aliphatic carbocycles. The Hall–Kier alpha value is -3.78. The third-order valence-corrected chi connectivity index (χ3v) is 6.92. The summed E-state index contributed by atoms with van der Waals surface area (Å²) in [5, 5.41) is 11.1. The molecule has 4 aromatic rings. The van der Waals surface area contributed by atoms with Crippen molar-refractivity contribution in [2.75, 3.05) is 6.61 Å². The van der Waals surface area contributed by atoms with E-state index in [4.69, 9.17) is 14.2 Å². The molecule has 182 valence electrons. The van der Waals surface area contributed by atoms with Crippen molar-refractivity contribution >= 4 is 0 Å². The van der Waals surface area contributed by atoms with E-state index in [9.17, 15) is 9.90 Å². The Morgan fingerprint density at radius 3 is 1.97 bits per heavy atom. The van der Waals surface area contributed by atoms with Crippen molar-refractivity contribution < 1.29 is 19.3 Å². The topological polar surface area (TPSA) is 82.8 Å². The first-order chi connectivity index (χ1) is 17.6. The summed E-state index contributed by atoms with van der Waals surface area (Å²) < 4.78 is 20.6. The molecule has 0 amide bonds. The lowest BCUT2D eigenvalue weighted by molar-refractivity contribution is -0.0936. The number of aromatic nitrogens is 2. The van der Waals surface area contributed by atoms with Crippen LogP contribution in [-0.4, -0.2) is 39.6 Å². The van der Waals surface area contributed by atoms with E-state index in [0.29, 0.717) is 5.56 Å². The molecule has 2 aliphatic rings. The van der Waals surface area contributed by atoms with Crippen LogP contribution in [-0.2, 0) is 15.1 Å². The maximum absolute atomic E-state index is 11.9. The minimum absolute atomic E-state index is 0.109. The minimum Gasteiger partial charge on any atom is -0.453 e. The summed E-state index contributed by atoms with van der Waals surface area (Å²) in [5.74, 6) is 0. The molecule has 0 saturated carbocycles. The molecule has 0 bridgehead atoms. The van der Waals surface area contributed by atoms with Crippen molar-refractivity contribution in [2.45, 2.75) is 37.1 Å². The van der Waals surface area contributed by atoms with E-state index < -0.39 is 30.1 Å². The zero-order valence-corrected chi connectivity index (χ0v) is 19.7. The SMILES string of the molecule is Cc1cn2c(nc1=O)OC1C(O)C(COC(c3ccccc3)(c3ccccc3)c3ccccc3)OC12. The van der Waals surface area contributed by atoms with E-state index in [-0.39, 0.29) is 18.2 Å². The van der Waals surface area contributed by atoms with E-state index in [1.165, 1.54) is 0 Å². The molecular formula is C29H26N2O5. The number of aliphatic hydroxyl groups is 1. The van der Waals surface area contributed by atoms with Gasteiger partial charge >= 0.3 is 6.01 Å². The fourth-order valence-electron chi connectivity index (χ4n) is 5.13. The van der Waals surface area contributed by atoms with Crippen molar-refractivity contribution in [3.05, 3.63) is 130 Å². The summed E-state index contributed by atoms with van der Waals surface area (Å²) in [4.78, 5) is 15.9. The van der Waals surface area contributed by atoms with Crippen LogP contribution >= 0.6 is 0 Å². The van der Waals surface area contributed by atoms with Crippen molar-refractivity contribution in [1.29, 1.82) is 0 Å². The number of benzene rings is 3. The standard InChI is InChI=1S/C29H26N2O5/c1-19-17-31-27-25(36-28(31)30-26(19)33)24(32)23(35-27)18-34-29(20-11-5-2-6-12-20,21-13-7-3-8-14-21)22-15-9-4-10-16-22/h2-17,23-25,27,32H,18H2,1H3. The van der Waals surface area contributed by atoms with E-state index in [1.807, 2.05) is 91.0 Å². The highest BCUT2D eigenvalue weighted by Crippen LogP contribution is 2.43. The molecule has 7 heteroatoms. The zero-order chi connectivity index (χ0) is 24.7. The quantitative estimate of drug-likeness (QED) is 0.423. The molecule has 0 radical (unpaired) electrons. The van der Waals surface area contributed by atoms with Gasteiger partial charge in [-0.15, -0.1) is 0 Å². The predicted octanol–water partition coefficient (Wildman–Crippen LogP) is 3.58. The molecule has 4 unspecified atom stereocenters. The summed E-state index contributed by atoms with van der Waals surface area (Å²) in [5.41, 5.74) is 2.11. The van der Waals surface area contributed by atoms with Crippen molar-refractivity contribution in [3.63, 3.8) is 0 Å². The van der Waals surface area contributed by atoms with Crippen LogP contribution in [0.25, 0.3) is 0 Å². The van der Waals surface area contributed by atoms with E-state index >= 15 is 0 Å². The van der Waals surface area contributed by atoms with Crippen LogP contribution in [0.1, 0.15) is 28.5 Å². The number of aryl methyl sites for hydroxylation is 1. The predicted molar refractivity (Wildman–Crippen MR) is 133 cm³/mol. The van der Waals surface area contributed by atoms with Crippen LogP contribution in [0.3, 0.4) is 0 Å². The summed E-state index contributed by atoms with van der Waals surface area (Å²) in [6, 6.07) is 30.3. The van der Waals surface area contributed by atoms with E-state index in [0.717, 1.165) is 16.7 Å². The summed E-state index contributed by atoms with van der Waals surface area (Å²) in [7, 11) is 0. The Labute approximate surface area is 208 Å². The molecule has 36 heavy (non-hydrogen) atoms. The third-order valence-electron chi connectivity index (χ3n) is 6.92. The second kappa shape index (κ2) is 9.02. The van der Waals surface area contributed by atoms with Gasteiger partial charge in [-0.3, -0.25) is 9.36 Å². The van der Waals surface area contributed by atoms with Crippen molar-refractivity contribution in [3.8, 4) is 6.01 Å². The van der Waals surface area contributed by atoms with Crippen LogP contribution in [0.15, 0.2) is 102 Å². The molecule has 6 rings (SSSR count). The summed E-state index contributed by atoms with van der Waals surface area (Å²) >= 11 is 0. The molecular weight excluding hydrogens is 456 g/mol. The van der Waals surface area contributed by atoms with E-state index in [1.54, 1.807) is 17.7 Å². The lowest BCUT2D eigenvalue weighted by Crippen LogP contribution is -2.40. The Morgan fingerprint density at radius 1 is 0.917 bits per heavy atom. The van der Waals surface area contributed by atoms with Crippen molar-refractivity contribution in [1.82, 2.24) is 9.55 Å². The summed E-state index contributed by atoms with van der Waals surface area (Å²) in [6.45, 7) is 1.80. The normalized spacial score (nSPS) is 22.6. The molecule has 1 N–H and O–H groups in total. The Bertz CT molecular complexity index is 1310. The molecule has 1 saturated heterocycles. The monoisotopic (exact) mass is 482 g/mol. The third kappa shape index (κ3) is 3.64. The molecule has 2 aliphatic heterocycles. The zero-order valence-electron chi connectivity index (χ0n) is 19.7. The second-order valence-corrected chi connectivity index (χ2v) is 9.15. The van der Waals surface area contributed by atoms with Gasteiger partial charge in [-0.2, -0.15) is 4.98 Å². The number of aliphatic hydroxyl groups excluding tert-OH is 1. The average molecular weight is 483 g/mol. The largest absolute Gasteiger partial charge is 0.453 e. The van der Waals surface area contributed by atoms with Gasteiger partial charge in [0.1, 0.15) is 17.8 Å². The summed E-state index contributed by atoms with van der Waals surface area (Å²) in [6.07, 6.45) is -1.22. The van der Waals surface area contributed by atoms with Crippen LogP contribution in [0.5, 0.6) is 6.01 Å². The first kappa shape index (κ1) is 22.7. The van der Waals surface area contributed by atoms with Gasteiger partial charge in [0.2, 0.25) is 0 Å². The van der Waals surface area contributed by atoms with Gasteiger partial charge in [0.15, 0.2) is 12.3 Å². The average Bonchev–Trinajstić information content (AvgIpc) is 3.42. The van der Waals surface area contributed by atoms with Gasteiger partial charge in [-0.05, 0) is 23.6 Å². The molecule has 3 heterocycles. The number of rotatable bonds is 6. The number of ether oxygens (including phenoxy) is 3. The lowest BCUT2D eigenvalue weighted by Gasteiger charge is -2.37. The van der Waals surface area contributed by atoms with E-state index in [2.05, 4.69) is 4.98 Å². The molecule has 7 nitrogen and oxygen atoms in total. The molecule has 4 atom stereocenters. The lowest BCUT2D eigenvalue weighted by atomic mass is 9.80. The van der Waals surface area contributed by atoms with Gasteiger partial charge < -0.3 is 19.3 Å². The Balaban J connectivity index is 1.36. The number of fused-ring (bicyclic) bond motifs is 3. The van der Waals surface area contributed by atoms with Gasteiger partial charge in [0, 0.05) is 11.8 Å². The highest BCUT2D eigenvalue weighted by Gasteiger charge is 2.52. The maximum Gasteiger partial charge on any atom is 0.302 e. The Kier molecular flexibility index (Phi) is 5.68. The van der Waals surface area contributed by atoms with Crippen LogP contribution in [0, 0.1) is 6.92 Å². The van der Waals surface area contributed by atoms with Gasteiger partial charge in [0.25, 0.3) is 5.56 Å². The van der Waals surface area contributed by atoms with Crippen molar-refractivity contribution in [2.24, 2.45) is 0 Å².